The second-order valence-corrected chi connectivity index (χ2v) is 6.08. The maximum atomic E-state index is 2.42. The predicted octanol–water partition coefficient (Wildman–Crippen LogP) is 4.54. The normalized spacial score (nSPS) is 16.7. The summed E-state index contributed by atoms with van der Waals surface area (Å²) in [5.74, 6) is 0.889. The SMILES string of the molecule is CC(C)(C)CCc1cccc(C2CC2)c1. The highest BCUT2D eigenvalue weighted by molar-refractivity contribution is 5.29. The molecule has 1 aliphatic carbocycles. The minimum Gasteiger partial charge on any atom is -0.0617 e. The summed E-state index contributed by atoms with van der Waals surface area (Å²) in [6, 6.07) is 9.21. The fourth-order valence-electron chi connectivity index (χ4n) is 1.94. The molecule has 0 aromatic heterocycles. The van der Waals surface area contributed by atoms with Gasteiger partial charge in [0.25, 0.3) is 0 Å². The van der Waals surface area contributed by atoms with E-state index in [1.807, 2.05) is 0 Å². The van der Waals surface area contributed by atoms with Crippen LogP contribution in [0.1, 0.15) is 57.1 Å². The Bertz CT molecular complexity index is 326. The van der Waals surface area contributed by atoms with E-state index in [1.54, 1.807) is 5.56 Å². The molecule has 0 radical (unpaired) electrons. The highest BCUT2D eigenvalue weighted by atomic mass is 14.3. The third-order valence-electron chi connectivity index (χ3n) is 3.16. The van der Waals surface area contributed by atoms with E-state index in [0.717, 1.165) is 5.92 Å². The Balaban J connectivity index is 1.99. The molecule has 0 bridgehead atoms. The van der Waals surface area contributed by atoms with Crippen LogP contribution in [-0.4, -0.2) is 0 Å². The van der Waals surface area contributed by atoms with E-state index in [-0.39, 0.29) is 0 Å². The maximum absolute atomic E-state index is 2.42. The van der Waals surface area contributed by atoms with Crippen LogP contribution in [0.3, 0.4) is 0 Å². The first kappa shape index (κ1) is 10.7. The molecule has 15 heavy (non-hydrogen) atoms. The van der Waals surface area contributed by atoms with Crippen molar-refractivity contribution < 1.29 is 0 Å². The summed E-state index contributed by atoms with van der Waals surface area (Å²) in [7, 11) is 0. The van der Waals surface area contributed by atoms with Crippen molar-refractivity contribution >= 4 is 0 Å². The molecule has 1 aromatic carbocycles. The molecule has 0 atom stereocenters. The van der Waals surface area contributed by atoms with Gasteiger partial charge in [-0.1, -0.05) is 45.0 Å². The van der Waals surface area contributed by atoms with Gasteiger partial charge in [-0.3, -0.25) is 0 Å². The predicted molar refractivity (Wildman–Crippen MR) is 66.2 cm³/mol. The van der Waals surface area contributed by atoms with Gasteiger partial charge in [0.05, 0.1) is 0 Å². The molecule has 82 valence electrons. The summed E-state index contributed by atoms with van der Waals surface area (Å²) in [5, 5.41) is 0. The summed E-state index contributed by atoms with van der Waals surface area (Å²) in [6.45, 7) is 6.95. The Morgan fingerprint density at radius 1 is 1.20 bits per heavy atom. The van der Waals surface area contributed by atoms with E-state index in [0.29, 0.717) is 5.41 Å². The molecule has 1 fully saturated rings. The van der Waals surface area contributed by atoms with Crippen LogP contribution in [0, 0.1) is 5.41 Å². The molecule has 1 aromatic rings. The molecule has 0 amide bonds. The largest absolute Gasteiger partial charge is 0.0617 e. The van der Waals surface area contributed by atoms with Crippen molar-refractivity contribution in [2.75, 3.05) is 0 Å². The van der Waals surface area contributed by atoms with Crippen molar-refractivity contribution in [1.29, 1.82) is 0 Å². The fourth-order valence-corrected chi connectivity index (χ4v) is 1.94. The van der Waals surface area contributed by atoms with Gasteiger partial charge in [-0.05, 0) is 48.1 Å². The topological polar surface area (TPSA) is 0 Å². The summed E-state index contributed by atoms with van der Waals surface area (Å²) in [4.78, 5) is 0. The first-order valence-corrected chi connectivity index (χ1v) is 6.13. The van der Waals surface area contributed by atoms with Gasteiger partial charge in [-0.15, -0.1) is 0 Å². The van der Waals surface area contributed by atoms with E-state index in [2.05, 4.69) is 45.0 Å². The van der Waals surface area contributed by atoms with Crippen LogP contribution in [0.4, 0.5) is 0 Å². The van der Waals surface area contributed by atoms with Crippen LogP contribution in [0.5, 0.6) is 0 Å². The Hall–Kier alpha value is -0.780. The van der Waals surface area contributed by atoms with E-state index < -0.39 is 0 Å². The van der Waals surface area contributed by atoms with E-state index in [4.69, 9.17) is 0 Å². The third-order valence-corrected chi connectivity index (χ3v) is 3.16. The Morgan fingerprint density at radius 2 is 1.93 bits per heavy atom. The molecule has 0 aliphatic heterocycles. The lowest BCUT2D eigenvalue weighted by molar-refractivity contribution is 0.378. The molecule has 0 spiro atoms. The minimum atomic E-state index is 0.454. The van der Waals surface area contributed by atoms with E-state index in [1.165, 1.54) is 31.2 Å². The Kier molecular flexibility index (Phi) is 2.86. The lowest BCUT2D eigenvalue weighted by atomic mass is 9.88. The second kappa shape index (κ2) is 4.00. The molecule has 0 heterocycles. The molecule has 2 rings (SSSR count). The summed E-state index contributed by atoms with van der Waals surface area (Å²) in [5.41, 5.74) is 3.55. The van der Waals surface area contributed by atoms with E-state index in [9.17, 15) is 0 Å². The number of benzene rings is 1. The van der Waals surface area contributed by atoms with Crippen LogP contribution in [0.25, 0.3) is 0 Å². The van der Waals surface area contributed by atoms with Gasteiger partial charge in [0.15, 0.2) is 0 Å². The molecule has 0 N–H and O–H groups in total. The molecule has 0 nitrogen and oxygen atoms in total. The second-order valence-electron chi connectivity index (χ2n) is 6.08. The van der Waals surface area contributed by atoms with Gasteiger partial charge in [0, 0.05) is 0 Å². The molecule has 1 saturated carbocycles. The van der Waals surface area contributed by atoms with Crippen LogP contribution >= 0.6 is 0 Å². The molecule has 1 aliphatic rings. The third kappa shape index (κ3) is 3.37. The number of rotatable bonds is 3. The molecular weight excluding hydrogens is 180 g/mol. The summed E-state index contributed by atoms with van der Waals surface area (Å²) < 4.78 is 0. The standard InChI is InChI=1S/C15H22/c1-15(2,3)10-9-12-5-4-6-14(11-12)13-7-8-13/h4-6,11,13H,7-10H2,1-3H3. The average Bonchev–Trinajstić information content (AvgIpc) is 2.97. The quantitative estimate of drug-likeness (QED) is 0.675. The van der Waals surface area contributed by atoms with Crippen molar-refractivity contribution in [2.45, 2.75) is 52.4 Å². The van der Waals surface area contributed by atoms with Crippen LogP contribution < -0.4 is 0 Å². The number of hydrogen-bond donors (Lipinski definition) is 0. The van der Waals surface area contributed by atoms with E-state index >= 15 is 0 Å². The average molecular weight is 202 g/mol. The molecule has 0 heteroatoms. The minimum absolute atomic E-state index is 0.454. The maximum Gasteiger partial charge on any atom is -0.0161 e. The number of hydrogen-bond acceptors (Lipinski definition) is 0. The Labute approximate surface area is 93.7 Å². The first-order valence-electron chi connectivity index (χ1n) is 6.13. The zero-order valence-electron chi connectivity index (χ0n) is 10.2. The lowest BCUT2D eigenvalue weighted by Gasteiger charge is -2.17. The van der Waals surface area contributed by atoms with Crippen LogP contribution in [-0.2, 0) is 6.42 Å². The van der Waals surface area contributed by atoms with Gasteiger partial charge in [-0.25, -0.2) is 0 Å². The van der Waals surface area contributed by atoms with Crippen molar-refractivity contribution in [2.24, 2.45) is 5.41 Å². The molecule has 0 unspecified atom stereocenters. The molecule has 0 saturated heterocycles. The highest BCUT2D eigenvalue weighted by Gasteiger charge is 2.23. The smallest absolute Gasteiger partial charge is 0.0161 e. The van der Waals surface area contributed by atoms with Crippen LogP contribution in [0.15, 0.2) is 24.3 Å². The zero-order chi connectivity index (χ0) is 10.9. The van der Waals surface area contributed by atoms with Crippen LogP contribution in [0.2, 0.25) is 0 Å². The molecular formula is C15H22. The first-order chi connectivity index (χ1) is 7.04. The summed E-state index contributed by atoms with van der Waals surface area (Å²) in [6.07, 6.45) is 5.32. The van der Waals surface area contributed by atoms with Crippen molar-refractivity contribution in [3.63, 3.8) is 0 Å². The Morgan fingerprint density at radius 3 is 2.53 bits per heavy atom. The summed E-state index contributed by atoms with van der Waals surface area (Å²) >= 11 is 0. The fraction of sp³-hybridized carbons (Fsp3) is 0.600. The van der Waals surface area contributed by atoms with Gasteiger partial charge in [0.1, 0.15) is 0 Å². The van der Waals surface area contributed by atoms with Crippen molar-refractivity contribution in [3.05, 3.63) is 35.4 Å². The highest BCUT2D eigenvalue weighted by Crippen LogP contribution is 2.40. The zero-order valence-corrected chi connectivity index (χ0v) is 10.2. The lowest BCUT2D eigenvalue weighted by Crippen LogP contribution is -2.06. The monoisotopic (exact) mass is 202 g/mol. The van der Waals surface area contributed by atoms with Gasteiger partial charge >= 0.3 is 0 Å². The van der Waals surface area contributed by atoms with Crippen molar-refractivity contribution in [3.8, 4) is 0 Å². The van der Waals surface area contributed by atoms with Gasteiger partial charge in [-0.2, -0.15) is 0 Å². The number of aryl methyl sites for hydroxylation is 1. The van der Waals surface area contributed by atoms with Gasteiger partial charge in [0.2, 0.25) is 0 Å². The van der Waals surface area contributed by atoms with Gasteiger partial charge < -0.3 is 0 Å². The van der Waals surface area contributed by atoms with Crippen molar-refractivity contribution in [1.82, 2.24) is 0 Å².